The van der Waals surface area contributed by atoms with Gasteiger partial charge in [-0.15, -0.1) is 0 Å². The Morgan fingerprint density at radius 2 is 2.42 bits per heavy atom. The van der Waals surface area contributed by atoms with Crippen LogP contribution >= 0.6 is 22.9 Å². The van der Waals surface area contributed by atoms with Gasteiger partial charge in [0.15, 0.2) is 0 Å². The van der Waals surface area contributed by atoms with E-state index < -0.39 is 12.0 Å². The summed E-state index contributed by atoms with van der Waals surface area (Å²) in [6.45, 7) is 0.644. The molecule has 0 amide bonds. The van der Waals surface area contributed by atoms with E-state index >= 15 is 0 Å². The highest BCUT2D eigenvalue weighted by Gasteiger charge is 2.13. The summed E-state index contributed by atoms with van der Waals surface area (Å²) in [5.74, 6) is -0.834. The summed E-state index contributed by atoms with van der Waals surface area (Å²) in [5.41, 5.74) is 0. The predicted octanol–water partition coefficient (Wildman–Crippen LogP) is 0.356. The van der Waals surface area contributed by atoms with E-state index in [0.717, 1.165) is 12.8 Å². The molecule has 1 atom stereocenters. The van der Waals surface area contributed by atoms with Gasteiger partial charge in [-0.3, -0.25) is 10.2 Å². The molecule has 0 bridgehead atoms. The van der Waals surface area contributed by atoms with Crippen LogP contribution in [0.5, 0.6) is 0 Å². The Morgan fingerprint density at radius 1 is 1.75 bits per heavy atom. The van der Waals surface area contributed by atoms with E-state index in [4.69, 9.17) is 10.5 Å². The molecule has 0 heterocycles. The molecule has 0 aliphatic rings. The number of carbonyl (C=O) groups is 1. The molecular weight excluding hydrogens is 273 g/mol. The number of carboxylic acids is 1. The Labute approximate surface area is 84.9 Å². The average Bonchev–Trinajstić information content (AvgIpc) is 2.04. The normalized spacial score (nSPS) is 12.1. The van der Waals surface area contributed by atoms with Gasteiger partial charge in [0.2, 0.25) is 0 Å². The monoisotopic (exact) mass is 285 g/mol. The lowest BCUT2D eigenvalue weighted by atomic mass is 10.2. The highest BCUT2D eigenvalue weighted by atomic mass is 127. The van der Waals surface area contributed by atoms with E-state index in [1.807, 2.05) is 22.9 Å². The maximum Gasteiger partial charge on any atom is 0.321 e. The Hall–Kier alpha value is -0.370. The van der Waals surface area contributed by atoms with Crippen LogP contribution < -0.4 is 8.85 Å². The van der Waals surface area contributed by atoms with Crippen LogP contribution in [0.4, 0.5) is 0 Å². The first-order valence-electron chi connectivity index (χ1n) is 3.53. The largest absolute Gasteiger partial charge is 0.480 e. The summed E-state index contributed by atoms with van der Waals surface area (Å²) < 4.78 is 2.66. The highest BCUT2D eigenvalue weighted by molar-refractivity contribution is 14.1. The average molecular weight is 285 g/mol. The minimum atomic E-state index is -0.834. The van der Waals surface area contributed by atoms with E-state index in [0.29, 0.717) is 13.0 Å². The summed E-state index contributed by atoms with van der Waals surface area (Å²) in [5, 5.41) is 17.9. The topological polar surface area (TPSA) is 85.2 Å². The SMILES string of the molecule is N=CNCCCC(NI)C(=O)O. The van der Waals surface area contributed by atoms with Crippen molar-refractivity contribution in [2.75, 3.05) is 6.54 Å². The van der Waals surface area contributed by atoms with Crippen molar-refractivity contribution in [1.29, 1.82) is 5.41 Å². The Morgan fingerprint density at radius 3 is 2.83 bits per heavy atom. The van der Waals surface area contributed by atoms with Gasteiger partial charge in [-0.2, -0.15) is 0 Å². The second-order valence-corrected chi connectivity index (χ2v) is 2.86. The molecule has 1 unspecified atom stereocenters. The van der Waals surface area contributed by atoms with Crippen LogP contribution in [0.25, 0.3) is 0 Å². The maximum absolute atomic E-state index is 10.5. The minimum absolute atomic E-state index is 0.488. The Balaban J connectivity index is 3.44. The van der Waals surface area contributed by atoms with E-state index in [-0.39, 0.29) is 0 Å². The molecule has 0 spiro atoms. The van der Waals surface area contributed by atoms with Gasteiger partial charge < -0.3 is 10.4 Å². The van der Waals surface area contributed by atoms with Gasteiger partial charge in [-0.1, -0.05) is 0 Å². The summed E-state index contributed by atoms with van der Waals surface area (Å²) >= 11 is 1.83. The molecule has 70 valence electrons. The third-order valence-electron chi connectivity index (χ3n) is 1.35. The molecule has 0 aromatic heterocycles. The number of carboxylic acid groups (broad SMARTS) is 1. The van der Waals surface area contributed by atoms with E-state index in [1.165, 1.54) is 0 Å². The lowest BCUT2D eigenvalue weighted by molar-refractivity contribution is -0.138. The maximum atomic E-state index is 10.5. The summed E-state index contributed by atoms with van der Waals surface area (Å²) in [4.78, 5) is 10.5. The van der Waals surface area contributed by atoms with E-state index in [2.05, 4.69) is 8.85 Å². The van der Waals surface area contributed by atoms with E-state index in [1.54, 1.807) is 0 Å². The molecule has 0 saturated carbocycles. The van der Waals surface area contributed by atoms with Crippen molar-refractivity contribution in [1.82, 2.24) is 8.85 Å². The van der Waals surface area contributed by atoms with Crippen LogP contribution in [-0.4, -0.2) is 30.0 Å². The Kier molecular flexibility index (Phi) is 7.06. The second kappa shape index (κ2) is 7.29. The smallest absolute Gasteiger partial charge is 0.321 e. The van der Waals surface area contributed by atoms with Crippen LogP contribution in [0.3, 0.4) is 0 Å². The van der Waals surface area contributed by atoms with Crippen molar-refractivity contribution in [2.24, 2.45) is 0 Å². The van der Waals surface area contributed by atoms with Crippen molar-refractivity contribution in [3.63, 3.8) is 0 Å². The van der Waals surface area contributed by atoms with Crippen molar-refractivity contribution in [3.05, 3.63) is 0 Å². The zero-order valence-electron chi connectivity index (χ0n) is 6.51. The third kappa shape index (κ3) is 5.30. The Bertz CT molecular complexity index is 154. The first-order chi connectivity index (χ1) is 5.72. The molecule has 4 N–H and O–H groups in total. The predicted molar refractivity (Wildman–Crippen MR) is 54.6 cm³/mol. The standard InChI is InChI=1S/C6H12IN3O2/c7-10-5(6(11)12)2-1-3-9-4-8/h4-5,10H,1-3H2,(H2,8,9)(H,11,12). The van der Waals surface area contributed by atoms with Crippen LogP contribution in [0.2, 0.25) is 0 Å². The van der Waals surface area contributed by atoms with Crippen LogP contribution in [-0.2, 0) is 4.79 Å². The quantitative estimate of drug-likeness (QED) is 0.179. The minimum Gasteiger partial charge on any atom is -0.480 e. The first-order valence-corrected chi connectivity index (χ1v) is 4.61. The lowest BCUT2D eigenvalue weighted by Crippen LogP contribution is -2.30. The summed E-state index contributed by atoms with van der Waals surface area (Å²) in [6, 6.07) is -0.488. The molecule has 0 aliphatic heterocycles. The van der Waals surface area contributed by atoms with Crippen LogP contribution in [0.15, 0.2) is 0 Å². The molecule has 0 rings (SSSR count). The number of hydrogen-bond acceptors (Lipinski definition) is 3. The van der Waals surface area contributed by atoms with Crippen LogP contribution in [0.1, 0.15) is 12.8 Å². The molecular formula is C6H12IN3O2. The zero-order valence-corrected chi connectivity index (χ0v) is 8.67. The molecule has 0 aliphatic carbocycles. The lowest BCUT2D eigenvalue weighted by Gasteiger charge is -2.08. The van der Waals surface area contributed by atoms with Gasteiger partial charge in [0, 0.05) is 29.4 Å². The highest BCUT2D eigenvalue weighted by Crippen LogP contribution is 1.98. The van der Waals surface area contributed by atoms with Crippen LogP contribution in [0, 0.1) is 5.41 Å². The van der Waals surface area contributed by atoms with Crippen molar-refractivity contribution in [2.45, 2.75) is 18.9 Å². The molecule has 5 nitrogen and oxygen atoms in total. The molecule has 0 saturated heterocycles. The summed E-state index contributed by atoms with van der Waals surface area (Å²) in [6.07, 6.45) is 2.41. The van der Waals surface area contributed by atoms with Gasteiger partial charge in [-0.05, 0) is 12.8 Å². The van der Waals surface area contributed by atoms with Crippen molar-refractivity contribution >= 4 is 35.2 Å². The van der Waals surface area contributed by atoms with Gasteiger partial charge in [-0.25, -0.2) is 3.53 Å². The fourth-order valence-corrected chi connectivity index (χ4v) is 1.28. The number of nitrogens with one attached hydrogen (secondary N) is 3. The van der Waals surface area contributed by atoms with Gasteiger partial charge in [0.1, 0.15) is 6.04 Å². The molecule has 0 aromatic rings. The van der Waals surface area contributed by atoms with E-state index in [9.17, 15) is 4.79 Å². The number of halogens is 1. The van der Waals surface area contributed by atoms with Crippen molar-refractivity contribution in [3.8, 4) is 0 Å². The van der Waals surface area contributed by atoms with Gasteiger partial charge >= 0.3 is 5.97 Å². The second-order valence-electron chi connectivity index (χ2n) is 2.24. The summed E-state index contributed by atoms with van der Waals surface area (Å²) in [7, 11) is 0. The number of rotatable bonds is 7. The molecule has 12 heavy (non-hydrogen) atoms. The third-order valence-corrected chi connectivity index (χ3v) is 2.10. The molecule has 0 aromatic carbocycles. The van der Waals surface area contributed by atoms with Gasteiger partial charge in [0.25, 0.3) is 0 Å². The zero-order chi connectivity index (χ0) is 9.40. The molecule has 0 radical (unpaired) electrons. The van der Waals surface area contributed by atoms with Crippen molar-refractivity contribution < 1.29 is 9.90 Å². The molecule has 6 heteroatoms. The fraction of sp³-hybridized carbons (Fsp3) is 0.667. The first kappa shape index (κ1) is 11.6. The van der Waals surface area contributed by atoms with Gasteiger partial charge in [0.05, 0.1) is 6.34 Å². The fourth-order valence-electron chi connectivity index (χ4n) is 0.705. The number of hydrogen-bond donors (Lipinski definition) is 4. The number of aliphatic carboxylic acids is 1. The molecule has 0 fully saturated rings.